The fraction of sp³-hybridized carbons (Fsp3) is 0.478. The number of hydrogen-bond acceptors (Lipinski definition) is 3. The molecule has 0 spiro atoms. The summed E-state index contributed by atoms with van der Waals surface area (Å²) < 4.78 is 4.99. The molecule has 0 atom stereocenters. The molecule has 2 amide bonds. The fourth-order valence-electron chi connectivity index (χ4n) is 4.53. The van der Waals surface area contributed by atoms with E-state index in [0.29, 0.717) is 24.6 Å². The molecule has 1 aromatic heterocycles. The van der Waals surface area contributed by atoms with Crippen LogP contribution in [0.1, 0.15) is 60.4 Å². The van der Waals surface area contributed by atoms with Gasteiger partial charge < -0.3 is 14.6 Å². The molecule has 0 bridgehead atoms. The van der Waals surface area contributed by atoms with Crippen molar-refractivity contribution in [3.63, 3.8) is 0 Å². The zero-order valence-electron chi connectivity index (χ0n) is 16.2. The Labute approximate surface area is 166 Å². The van der Waals surface area contributed by atoms with E-state index in [1.165, 1.54) is 18.1 Å². The SMILES string of the molecule is O=C(NC1CCC(c2ccccc2)CC1)C1CCN(C(=O)c2ccoc2)CC1. The molecule has 1 saturated carbocycles. The molecule has 5 heteroatoms. The molecule has 4 rings (SSSR count). The van der Waals surface area contributed by atoms with E-state index in [4.69, 9.17) is 4.42 Å². The van der Waals surface area contributed by atoms with Gasteiger partial charge in [-0.3, -0.25) is 9.59 Å². The molecule has 1 aliphatic carbocycles. The Morgan fingerprint density at radius 2 is 1.64 bits per heavy atom. The highest BCUT2D eigenvalue weighted by Gasteiger charge is 2.30. The summed E-state index contributed by atoms with van der Waals surface area (Å²) in [7, 11) is 0. The van der Waals surface area contributed by atoms with Crippen LogP contribution >= 0.6 is 0 Å². The van der Waals surface area contributed by atoms with Gasteiger partial charge in [0.25, 0.3) is 5.91 Å². The Morgan fingerprint density at radius 3 is 2.29 bits per heavy atom. The van der Waals surface area contributed by atoms with E-state index in [2.05, 4.69) is 35.6 Å². The van der Waals surface area contributed by atoms with Gasteiger partial charge in [0.05, 0.1) is 11.8 Å². The summed E-state index contributed by atoms with van der Waals surface area (Å²) in [5.41, 5.74) is 2.00. The molecule has 1 aromatic carbocycles. The summed E-state index contributed by atoms with van der Waals surface area (Å²) in [6.07, 6.45) is 8.81. The zero-order valence-corrected chi connectivity index (χ0v) is 16.2. The van der Waals surface area contributed by atoms with Gasteiger partial charge >= 0.3 is 0 Å². The van der Waals surface area contributed by atoms with Crippen LogP contribution in [0.5, 0.6) is 0 Å². The molecule has 28 heavy (non-hydrogen) atoms. The van der Waals surface area contributed by atoms with Crippen LogP contribution < -0.4 is 5.32 Å². The number of rotatable bonds is 4. The number of furan rings is 1. The van der Waals surface area contributed by atoms with Gasteiger partial charge in [0.2, 0.25) is 5.91 Å². The topological polar surface area (TPSA) is 62.6 Å². The predicted octanol–water partition coefficient (Wildman–Crippen LogP) is 3.97. The van der Waals surface area contributed by atoms with E-state index in [0.717, 1.165) is 38.5 Å². The Balaban J connectivity index is 1.22. The summed E-state index contributed by atoms with van der Waals surface area (Å²) in [6.45, 7) is 1.26. The highest BCUT2D eigenvalue weighted by atomic mass is 16.3. The lowest BCUT2D eigenvalue weighted by Gasteiger charge is -2.33. The molecule has 0 unspecified atom stereocenters. The Hall–Kier alpha value is -2.56. The van der Waals surface area contributed by atoms with Crippen molar-refractivity contribution < 1.29 is 14.0 Å². The van der Waals surface area contributed by atoms with Crippen molar-refractivity contribution in [1.82, 2.24) is 10.2 Å². The summed E-state index contributed by atoms with van der Waals surface area (Å²) in [6, 6.07) is 12.7. The monoisotopic (exact) mass is 380 g/mol. The van der Waals surface area contributed by atoms with Gasteiger partial charge in [0.15, 0.2) is 0 Å². The second-order valence-corrected chi connectivity index (χ2v) is 8.05. The summed E-state index contributed by atoms with van der Waals surface area (Å²) in [5, 5.41) is 3.27. The van der Waals surface area contributed by atoms with Crippen LogP contribution in [-0.2, 0) is 4.79 Å². The Kier molecular flexibility index (Phi) is 5.79. The third-order valence-electron chi connectivity index (χ3n) is 6.27. The third-order valence-corrected chi connectivity index (χ3v) is 6.27. The minimum Gasteiger partial charge on any atom is -0.472 e. The molecule has 2 fully saturated rings. The van der Waals surface area contributed by atoms with Crippen molar-refractivity contribution in [2.45, 2.75) is 50.5 Å². The van der Waals surface area contributed by atoms with E-state index in [1.54, 1.807) is 6.07 Å². The maximum atomic E-state index is 12.7. The summed E-state index contributed by atoms with van der Waals surface area (Å²) >= 11 is 0. The molecule has 148 valence electrons. The normalized spacial score (nSPS) is 23.4. The largest absolute Gasteiger partial charge is 0.472 e. The first-order valence-electron chi connectivity index (χ1n) is 10.4. The zero-order chi connectivity index (χ0) is 19.3. The number of likely N-dealkylation sites (tertiary alicyclic amines) is 1. The standard InChI is InChI=1S/C23H28N2O3/c26-22(19-10-13-25(14-11-19)23(27)20-12-15-28-16-20)24-21-8-6-18(7-9-21)17-4-2-1-3-5-17/h1-5,12,15-16,18-19,21H,6-11,13-14H2,(H,24,26). The van der Waals surface area contributed by atoms with E-state index in [9.17, 15) is 9.59 Å². The molecule has 2 aromatic rings. The Bertz CT molecular complexity index is 771. The lowest BCUT2D eigenvalue weighted by Crippen LogP contribution is -2.46. The average Bonchev–Trinajstić information content (AvgIpc) is 3.29. The molecule has 0 radical (unpaired) electrons. The van der Waals surface area contributed by atoms with Crippen LogP contribution in [0.15, 0.2) is 53.3 Å². The van der Waals surface area contributed by atoms with E-state index >= 15 is 0 Å². The highest BCUT2D eigenvalue weighted by molar-refractivity contribution is 5.94. The second kappa shape index (κ2) is 8.63. The van der Waals surface area contributed by atoms with Crippen molar-refractivity contribution in [3.8, 4) is 0 Å². The van der Waals surface area contributed by atoms with Crippen molar-refractivity contribution >= 4 is 11.8 Å². The maximum Gasteiger partial charge on any atom is 0.257 e. The van der Waals surface area contributed by atoms with Crippen LogP contribution in [0, 0.1) is 5.92 Å². The van der Waals surface area contributed by atoms with Crippen LogP contribution in [0.25, 0.3) is 0 Å². The van der Waals surface area contributed by atoms with Crippen molar-refractivity contribution in [2.24, 2.45) is 5.92 Å². The number of nitrogens with zero attached hydrogens (tertiary/aromatic N) is 1. The van der Waals surface area contributed by atoms with Crippen LogP contribution in [0.2, 0.25) is 0 Å². The number of piperidine rings is 1. The van der Waals surface area contributed by atoms with Gasteiger partial charge in [0, 0.05) is 25.0 Å². The molecule has 5 nitrogen and oxygen atoms in total. The number of carbonyl (C=O) groups is 2. The first-order chi connectivity index (χ1) is 13.7. The second-order valence-electron chi connectivity index (χ2n) is 8.05. The summed E-state index contributed by atoms with van der Waals surface area (Å²) in [4.78, 5) is 26.9. The lowest BCUT2D eigenvalue weighted by atomic mass is 9.81. The van der Waals surface area contributed by atoms with Crippen molar-refractivity contribution in [2.75, 3.05) is 13.1 Å². The number of amides is 2. The number of hydrogen-bond donors (Lipinski definition) is 1. The number of carbonyl (C=O) groups excluding carboxylic acids is 2. The molecular weight excluding hydrogens is 352 g/mol. The third kappa shape index (κ3) is 4.29. The van der Waals surface area contributed by atoms with E-state index in [-0.39, 0.29) is 23.8 Å². The molecule has 1 saturated heterocycles. The minimum absolute atomic E-state index is 0.00755. The van der Waals surface area contributed by atoms with Gasteiger partial charge in [-0.1, -0.05) is 30.3 Å². The fourth-order valence-corrected chi connectivity index (χ4v) is 4.53. The van der Waals surface area contributed by atoms with Gasteiger partial charge in [-0.25, -0.2) is 0 Å². The van der Waals surface area contributed by atoms with Crippen LogP contribution in [0.4, 0.5) is 0 Å². The molecule has 1 aliphatic heterocycles. The average molecular weight is 380 g/mol. The van der Waals surface area contributed by atoms with Crippen LogP contribution in [0.3, 0.4) is 0 Å². The van der Waals surface area contributed by atoms with Crippen LogP contribution in [-0.4, -0.2) is 35.8 Å². The molecular formula is C23H28N2O3. The lowest BCUT2D eigenvalue weighted by molar-refractivity contribution is -0.127. The van der Waals surface area contributed by atoms with Gasteiger partial charge in [-0.2, -0.15) is 0 Å². The minimum atomic E-state index is -0.00755. The van der Waals surface area contributed by atoms with Gasteiger partial charge in [-0.15, -0.1) is 0 Å². The predicted molar refractivity (Wildman–Crippen MR) is 107 cm³/mol. The van der Waals surface area contributed by atoms with Crippen molar-refractivity contribution in [3.05, 3.63) is 60.1 Å². The smallest absolute Gasteiger partial charge is 0.257 e. The van der Waals surface area contributed by atoms with E-state index in [1.807, 2.05) is 4.90 Å². The first kappa shape index (κ1) is 18.8. The van der Waals surface area contributed by atoms with Gasteiger partial charge in [0.1, 0.15) is 6.26 Å². The summed E-state index contributed by atoms with van der Waals surface area (Å²) in [5.74, 6) is 0.789. The highest BCUT2D eigenvalue weighted by Crippen LogP contribution is 2.33. The van der Waals surface area contributed by atoms with Gasteiger partial charge in [-0.05, 0) is 56.1 Å². The Morgan fingerprint density at radius 1 is 0.929 bits per heavy atom. The maximum absolute atomic E-state index is 12.7. The molecule has 2 aliphatic rings. The molecule has 1 N–H and O–H groups in total. The van der Waals surface area contributed by atoms with E-state index < -0.39 is 0 Å². The quantitative estimate of drug-likeness (QED) is 0.873. The number of nitrogens with one attached hydrogen (secondary N) is 1. The molecule has 2 heterocycles. The first-order valence-corrected chi connectivity index (χ1v) is 10.4. The van der Waals surface area contributed by atoms with Crippen molar-refractivity contribution in [1.29, 1.82) is 0 Å². The number of benzene rings is 1.